The number of benzene rings is 3. The molecule has 0 unspecified atom stereocenters. The molecule has 3 aromatic rings. The fraction of sp³-hybridized carbons (Fsp3) is 0.179. The second-order valence-corrected chi connectivity index (χ2v) is 7.98. The Labute approximate surface area is 214 Å². The molecule has 9 nitrogen and oxygen atoms in total. The highest BCUT2D eigenvalue weighted by molar-refractivity contribution is 6.06. The molecule has 9 heteroatoms. The number of hydrogen-bond acceptors (Lipinski definition) is 7. The predicted octanol–water partition coefficient (Wildman–Crippen LogP) is 3.44. The number of hydrogen-bond donors (Lipinski definition) is 2. The van der Waals surface area contributed by atoms with E-state index in [1.54, 1.807) is 42.5 Å². The summed E-state index contributed by atoms with van der Waals surface area (Å²) in [4.78, 5) is 38.1. The Kier molecular flexibility index (Phi) is 8.38. The highest BCUT2D eigenvalue weighted by Gasteiger charge is 2.19. The molecule has 0 spiro atoms. The number of rotatable bonds is 10. The van der Waals surface area contributed by atoms with E-state index in [-0.39, 0.29) is 37.6 Å². The fourth-order valence-electron chi connectivity index (χ4n) is 3.53. The number of para-hydroxylation sites is 1. The van der Waals surface area contributed by atoms with E-state index in [0.717, 1.165) is 5.56 Å². The summed E-state index contributed by atoms with van der Waals surface area (Å²) in [6.45, 7) is 0.286. The normalized spacial score (nSPS) is 12.0. The summed E-state index contributed by atoms with van der Waals surface area (Å²) in [7, 11) is 1.46. The zero-order valence-corrected chi connectivity index (χ0v) is 20.2. The number of carbonyl (C=O) groups is 3. The summed E-state index contributed by atoms with van der Waals surface area (Å²) in [6, 6.07) is 21.1. The van der Waals surface area contributed by atoms with E-state index in [9.17, 15) is 14.4 Å². The van der Waals surface area contributed by atoms with E-state index in [0.29, 0.717) is 22.8 Å². The maximum atomic E-state index is 13.0. The van der Waals surface area contributed by atoms with Gasteiger partial charge in [0.2, 0.25) is 6.79 Å². The zero-order chi connectivity index (χ0) is 26.0. The highest BCUT2D eigenvalue weighted by Crippen LogP contribution is 2.33. The zero-order valence-electron chi connectivity index (χ0n) is 20.2. The maximum absolute atomic E-state index is 13.0. The number of carbonyl (C=O) groups excluding carboxylic acids is 3. The van der Waals surface area contributed by atoms with Crippen LogP contribution >= 0.6 is 0 Å². The molecule has 0 saturated carbocycles. The summed E-state index contributed by atoms with van der Waals surface area (Å²) in [5.74, 6) is -0.0629. The smallest absolute Gasteiger partial charge is 0.307 e. The maximum Gasteiger partial charge on any atom is 0.307 e. The molecule has 3 aromatic carbocycles. The lowest BCUT2D eigenvalue weighted by atomic mass is 10.1. The topological polar surface area (TPSA) is 112 Å². The molecule has 1 heterocycles. The lowest BCUT2D eigenvalue weighted by molar-refractivity contribution is -0.144. The lowest BCUT2D eigenvalue weighted by Crippen LogP contribution is -2.36. The molecule has 1 aliphatic rings. The van der Waals surface area contributed by atoms with Crippen molar-refractivity contribution in [2.24, 2.45) is 0 Å². The molecule has 190 valence electrons. The minimum atomic E-state index is -0.572. The summed E-state index contributed by atoms with van der Waals surface area (Å²) in [5.41, 5.74) is 1.72. The van der Waals surface area contributed by atoms with Crippen LogP contribution in [0.3, 0.4) is 0 Å². The van der Waals surface area contributed by atoms with Gasteiger partial charge in [-0.15, -0.1) is 0 Å². The van der Waals surface area contributed by atoms with Crippen molar-refractivity contribution in [3.8, 4) is 17.2 Å². The number of ether oxygens (including phenoxy) is 4. The van der Waals surface area contributed by atoms with Gasteiger partial charge in [-0.1, -0.05) is 48.5 Å². The summed E-state index contributed by atoms with van der Waals surface area (Å²) in [5, 5.41) is 5.31. The fourth-order valence-corrected chi connectivity index (χ4v) is 3.53. The first-order valence-electron chi connectivity index (χ1n) is 11.6. The van der Waals surface area contributed by atoms with Crippen LogP contribution in [0.4, 0.5) is 0 Å². The number of fused-ring (bicyclic) bond motifs is 1. The van der Waals surface area contributed by atoms with E-state index in [4.69, 9.17) is 18.9 Å². The molecule has 0 aromatic heterocycles. The molecular weight excluding hydrogens is 476 g/mol. The van der Waals surface area contributed by atoms with E-state index >= 15 is 0 Å². The van der Waals surface area contributed by atoms with Gasteiger partial charge in [0.1, 0.15) is 18.1 Å². The van der Waals surface area contributed by atoms with Gasteiger partial charge >= 0.3 is 5.97 Å². The molecule has 4 rings (SSSR count). The van der Waals surface area contributed by atoms with Gasteiger partial charge < -0.3 is 29.6 Å². The average Bonchev–Trinajstić information content (AvgIpc) is 3.40. The third kappa shape index (κ3) is 6.88. The van der Waals surface area contributed by atoms with E-state index < -0.39 is 17.8 Å². The molecule has 0 fully saturated rings. The molecule has 0 radical (unpaired) electrons. The number of amides is 2. The van der Waals surface area contributed by atoms with Gasteiger partial charge in [0.25, 0.3) is 11.8 Å². The third-order valence-corrected chi connectivity index (χ3v) is 5.41. The molecule has 0 saturated heterocycles. The molecule has 2 N–H and O–H groups in total. The molecule has 1 aliphatic heterocycles. The monoisotopic (exact) mass is 502 g/mol. The minimum absolute atomic E-state index is 0.0209. The van der Waals surface area contributed by atoms with E-state index in [2.05, 4.69) is 10.6 Å². The van der Waals surface area contributed by atoms with E-state index in [1.807, 2.05) is 30.3 Å². The molecular formula is C28H26N2O7. The predicted molar refractivity (Wildman–Crippen MR) is 135 cm³/mol. The van der Waals surface area contributed by atoms with Gasteiger partial charge in [0.05, 0.1) is 19.1 Å². The van der Waals surface area contributed by atoms with Gasteiger partial charge in [-0.2, -0.15) is 0 Å². The van der Waals surface area contributed by atoms with Crippen LogP contribution in [0.25, 0.3) is 6.08 Å². The molecule has 0 aliphatic carbocycles. The van der Waals surface area contributed by atoms with Crippen LogP contribution < -0.4 is 24.8 Å². The third-order valence-electron chi connectivity index (χ3n) is 5.41. The highest BCUT2D eigenvalue weighted by atomic mass is 16.7. The van der Waals surface area contributed by atoms with E-state index in [1.165, 1.54) is 13.2 Å². The minimum Gasteiger partial charge on any atom is -0.496 e. The Balaban J connectivity index is 1.43. The molecule has 2 amide bonds. The molecule has 0 bridgehead atoms. The van der Waals surface area contributed by atoms with Gasteiger partial charge in [0, 0.05) is 6.54 Å². The second-order valence-electron chi connectivity index (χ2n) is 7.98. The standard InChI is InChI=1S/C28H26N2O7/c1-34-23-10-6-5-9-21(23)27(32)30-22(15-20-11-12-24-25(16-20)37-18-36-24)28(33)29-14-13-26(31)35-17-19-7-3-2-4-8-19/h2-12,15-16H,13-14,17-18H2,1H3,(H,29,33)(H,30,32). The van der Waals surface area contributed by atoms with Gasteiger partial charge in [-0.3, -0.25) is 14.4 Å². The summed E-state index contributed by atoms with van der Waals surface area (Å²) < 4.78 is 21.2. The van der Waals surface area contributed by atoms with Crippen molar-refractivity contribution in [2.75, 3.05) is 20.4 Å². The first-order chi connectivity index (χ1) is 18.0. The molecule has 37 heavy (non-hydrogen) atoms. The Morgan fingerprint density at radius 1 is 0.946 bits per heavy atom. The Morgan fingerprint density at radius 3 is 2.51 bits per heavy atom. The van der Waals surface area contributed by atoms with Gasteiger partial charge in [-0.05, 0) is 41.5 Å². The van der Waals surface area contributed by atoms with Crippen molar-refractivity contribution in [3.05, 3.63) is 95.2 Å². The number of esters is 1. The SMILES string of the molecule is COc1ccccc1C(=O)NC(=Cc1ccc2c(c1)OCO2)C(=O)NCCC(=O)OCc1ccccc1. The first-order valence-corrected chi connectivity index (χ1v) is 11.6. The Morgan fingerprint density at radius 2 is 1.70 bits per heavy atom. The van der Waals surface area contributed by atoms with Crippen LogP contribution in [0, 0.1) is 0 Å². The number of nitrogens with one attached hydrogen (secondary N) is 2. The first kappa shape index (κ1) is 25.3. The average molecular weight is 503 g/mol. The second kappa shape index (κ2) is 12.3. The van der Waals surface area contributed by atoms with Crippen LogP contribution in [0.5, 0.6) is 17.2 Å². The quantitative estimate of drug-likeness (QED) is 0.323. The van der Waals surface area contributed by atoms with Crippen LogP contribution in [0.15, 0.2) is 78.5 Å². The summed E-state index contributed by atoms with van der Waals surface area (Å²) >= 11 is 0. The van der Waals surface area contributed by atoms with Crippen molar-refractivity contribution in [1.29, 1.82) is 0 Å². The summed E-state index contributed by atoms with van der Waals surface area (Å²) in [6.07, 6.45) is 1.48. The van der Waals surface area contributed by atoms with Crippen molar-refractivity contribution < 1.29 is 33.3 Å². The lowest BCUT2D eigenvalue weighted by Gasteiger charge is -2.13. The van der Waals surface area contributed by atoms with Crippen molar-refractivity contribution in [3.63, 3.8) is 0 Å². The Hall–Kier alpha value is -4.79. The van der Waals surface area contributed by atoms with Gasteiger partial charge in [-0.25, -0.2) is 0 Å². The van der Waals surface area contributed by atoms with Crippen LogP contribution in [-0.4, -0.2) is 38.2 Å². The van der Waals surface area contributed by atoms with Crippen molar-refractivity contribution >= 4 is 23.9 Å². The van der Waals surface area contributed by atoms with Crippen molar-refractivity contribution in [1.82, 2.24) is 10.6 Å². The van der Waals surface area contributed by atoms with Gasteiger partial charge in [0.15, 0.2) is 11.5 Å². The largest absolute Gasteiger partial charge is 0.496 e. The van der Waals surface area contributed by atoms with Crippen LogP contribution in [0.2, 0.25) is 0 Å². The van der Waals surface area contributed by atoms with Crippen molar-refractivity contribution in [2.45, 2.75) is 13.0 Å². The number of methoxy groups -OCH3 is 1. The Bertz CT molecular complexity index is 1300. The van der Waals surface area contributed by atoms with Crippen LogP contribution in [0.1, 0.15) is 27.9 Å². The van der Waals surface area contributed by atoms with Crippen LogP contribution in [-0.2, 0) is 20.9 Å². The molecule has 0 atom stereocenters.